The largest absolute Gasteiger partial charge is 0.395 e. The molecule has 0 unspecified atom stereocenters. The Bertz CT molecular complexity index is 472. The van der Waals surface area contributed by atoms with Crippen LogP contribution in [0.5, 0.6) is 0 Å². The van der Waals surface area contributed by atoms with Gasteiger partial charge in [-0.2, -0.15) is 0 Å². The molecule has 0 aromatic rings. The van der Waals surface area contributed by atoms with Crippen molar-refractivity contribution in [2.75, 3.05) is 52.4 Å². The molecule has 0 radical (unpaired) electrons. The molecule has 0 spiro atoms. The summed E-state index contributed by atoms with van der Waals surface area (Å²) >= 11 is 0. The lowest BCUT2D eigenvalue weighted by atomic mass is 9.75. The van der Waals surface area contributed by atoms with Gasteiger partial charge in [0.05, 0.1) is 6.61 Å². The fraction of sp³-hybridized carbons (Fsp3) is 0.778. The summed E-state index contributed by atoms with van der Waals surface area (Å²) in [4.78, 5) is 31.3. The summed E-state index contributed by atoms with van der Waals surface area (Å²) in [6.07, 6.45) is 5.27. The van der Waals surface area contributed by atoms with Crippen LogP contribution in [-0.4, -0.2) is 83.9 Å². The predicted molar refractivity (Wildman–Crippen MR) is 101 cm³/mol. The summed E-state index contributed by atoms with van der Waals surface area (Å²) in [5, 5.41) is 8.97. The Morgan fingerprint density at radius 2 is 1.56 bits per heavy atom. The van der Waals surface area contributed by atoms with E-state index in [-0.39, 0.29) is 30.7 Å². The smallest absolute Gasteiger partial charge is 0.240 e. The number of carbonyl (C=O) groups excluding carboxylic acids is 2. The topological polar surface area (TPSA) is 64.1 Å². The van der Waals surface area contributed by atoms with Crippen LogP contribution in [0.1, 0.15) is 33.1 Å². The van der Waals surface area contributed by atoms with Gasteiger partial charge in [-0.15, -0.1) is 12.4 Å². The van der Waals surface area contributed by atoms with E-state index in [1.165, 1.54) is 0 Å². The van der Waals surface area contributed by atoms with Crippen molar-refractivity contribution < 1.29 is 14.7 Å². The van der Waals surface area contributed by atoms with Crippen LogP contribution < -0.4 is 0 Å². The number of rotatable bonds is 8. The molecule has 1 N–H and O–H groups in total. The average Bonchev–Trinajstić information content (AvgIpc) is 2.60. The molecular formula is C18H32ClN3O3. The van der Waals surface area contributed by atoms with Gasteiger partial charge < -0.3 is 14.9 Å². The molecule has 1 fully saturated rings. The summed E-state index contributed by atoms with van der Waals surface area (Å²) in [6.45, 7) is 10.4. The van der Waals surface area contributed by atoms with Crippen LogP contribution in [0.3, 0.4) is 0 Å². The van der Waals surface area contributed by atoms with Crippen molar-refractivity contribution in [1.82, 2.24) is 14.7 Å². The highest BCUT2D eigenvalue weighted by atomic mass is 35.5. The Morgan fingerprint density at radius 1 is 1.00 bits per heavy atom. The lowest BCUT2D eigenvalue weighted by Gasteiger charge is -2.37. The highest BCUT2D eigenvalue weighted by molar-refractivity contribution is 6.13. The number of nitrogens with zero attached hydrogens (tertiary/aromatic N) is 3. The number of ketones is 1. The van der Waals surface area contributed by atoms with Gasteiger partial charge in [0.15, 0.2) is 5.78 Å². The minimum absolute atomic E-state index is 0. The summed E-state index contributed by atoms with van der Waals surface area (Å²) in [7, 11) is 0. The molecule has 0 aromatic carbocycles. The maximum Gasteiger partial charge on any atom is 0.240 e. The molecule has 0 saturated carbocycles. The Kier molecular flexibility index (Phi) is 9.07. The third-order valence-corrected chi connectivity index (χ3v) is 5.51. The van der Waals surface area contributed by atoms with Gasteiger partial charge in [0.25, 0.3) is 0 Å². The van der Waals surface area contributed by atoms with Crippen molar-refractivity contribution in [3.8, 4) is 0 Å². The lowest BCUT2D eigenvalue weighted by molar-refractivity contribution is -0.148. The molecule has 1 saturated heterocycles. The third-order valence-electron chi connectivity index (χ3n) is 5.51. The SMILES string of the molecule is CCC1(CC)C(=O)C=CN(CCCN2CCN(CCO)CC2)C1=O.Cl. The van der Waals surface area contributed by atoms with Gasteiger partial charge in [-0.3, -0.25) is 14.5 Å². The molecule has 6 nitrogen and oxygen atoms in total. The molecule has 7 heteroatoms. The molecule has 0 bridgehead atoms. The van der Waals surface area contributed by atoms with Crippen molar-refractivity contribution in [3.05, 3.63) is 12.3 Å². The maximum atomic E-state index is 12.7. The van der Waals surface area contributed by atoms with E-state index in [9.17, 15) is 9.59 Å². The molecular weight excluding hydrogens is 342 g/mol. The van der Waals surface area contributed by atoms with Gasteiger partial charge in [-0.25, -0.2) is 0 Å². The van der Waals surface area contributed by atoms with Crippen molar-refractivity contribution in [2.24, 2.45) is 5.41 Å². The first-order valence-corrected chi connectivity index (χ1v) is 9.16. The number of aliphatic hydroxyl groups is 1. The summed E-state index contributed by atoms with van der Waals surface area (Å²) in [5.41, 5.74) is -0.843. The van der Waals surface area contributed by atoms with E-state index < -0.39 is 5.41 Å². The fourth-order valence-corrected chi connectivity index (χ4v) is 3.68. The number of carbonyl (C=O) groups is 2. The number of hydrogen-bond acceptors (Lipinski definition) is 5. The van der Waals surface area contributed by atoms with E-state index in [1.54, 1.807) is 17.2 Å². The quantitative estimate of drug-likeness (QED) is 0.646. The Morgan fingerprint density at radius 3 is 2.08 bits per heavy atom. The first-order chi connectivity index (χ1) is 11.6. The number of aliphatic hydroxyl groups excluding tert-OH is 1. The Hall–Kier alpha value is -0.950. The van der Waals surface area contributed by atoms with Crippen LogP contribution in [0.25, 0.3) is 0 Å². The van der Waals surface area contributed by atoms with Gasteiger partial charge in [-0.05, 0) is 31.9 Å². The average molecular weight is 374 g/mol. The molecule has 2 aliphatic rings. The zero-order chi connectivity index (χ0) is 17.6. The van der Waals surface area contributed by atoms with E-state index in [0.29, 0.717) is 19.4 Å². The number of halogens is 1. The van der Waals surface area contributed by atoms with Gasteiger partial charge in [0, 0.05) is 45.5 Å². The van der Waals surface area contributed by atoms with E-state index >= 15 is 0 Å². The molecule has 2 aliphatic heterocycles. The normalized spacial score (nSPS) is 21.5. The monoisotopic (exact) mass is 373 g/mol. The number of β-amino-alcohol motifs (C(OH)–C–C–N with tert-alkyl or cyclic N) is 1. The van der Waals surface area contributed by atoms with Crippen molar-refractivity contribution in [3.63, 3.8) is 0 Å². The highest BCUT2D eigenvalue weighted by Gasteiger charge is 2.45. The van der Waals surface area contributed by atoms with Gasteiger partial charge >= 0.3 is 0 Å². The van der Waals surface area contributed by atoms with Crippen LogP contribution >= 0.6 is 12.4 Å². The second-order valence-corrected chi connectivity index (χ2v) is 6.73. The highest BCUT2D eigenvalue weighted by Crippen LogP contribution is 2.33. The van der Waals surface area contributed by atoms with Gasteiger partial charge in [0.1, 0.15) is 5.41 Å². The van der Waals surface area contributed by atoms with E-state index in [0.717, 1.165) is 45.7 Å². The van der Waals surface area contributed by atoms with E-state index in [1.807, 2.05) is 13.8 Å². The number of hydrogen-bond donors (Lipinski definition) is 1. The summed E-state index contributed by atoms with van der Waals surface area (Å²) < 4.78 is 0. The second-order valence-electron chi connectivity index (χ2n) is 6.73. The van der Waals surface area contributed by atoms with Crippen LogP contribution in [0.15, 0.2) is 12.3 Å². The van der Waals surface area contributed by atoms with Crippen LogP contribution in [0.4, 0.5) is 0 Å². The first-order valence-electron chi connectivity index (χ1n) is 9.16. The molecule has 0 aliphatic carbocycles. The Labute approximate surface area is 157 Å². The molecule has 144 valence electrons. The minimum atomic E-state index is -0.843. The number of allylic oxidation sites excluding steroid dienone is 1. The number of amides is 1. The van der Waals surface area contributed by atoms with E-state index in [2.05, 4.69) is 9.80 Å². The minimum Gasteiger partial charge on any atom is -0.395 e. The molecule has 2 heterocycles. The molecule has 1 amide bonds. The van der Waals surface area contributed by atoms with Crippen LogP contribution in [-0.2, 0) is 9.59 Å². The molecule has 25 heavy (non-hydrogen) atoms. The zero-order valence-corrected chi connectivity index (χ0v) is 16.3. The zero-order valence-electron chi connectivity index (χ0n) is 15.4. The van der Waals surface area contributed by atoms with Crippen molar-refractivity contribution in [1.29, 1.82) is 0 Å². The first kappa shape index (κ1) is 22.1. The van der Waals surface area contributed by atoms with Crippen LogP contribution in [0, 0.1) is 5.41 Å². The Balaban J connectivity index is 0.00000312. The predicted octanol–water partition coefficient (Wildman–Crippen LogP) is 1.14. The fourth-order valence-electron chi connectivity index (χ4n) is 3.68. The summed E-state index contributed by atoms with van der Waals surface area (Å²) in [6, 6.07) is 0. The van der Waals surface area contributed by atoms with E-state index in [4.69, 9.17) is 5.11 Å². The lowest BCUT2D eigenvalue weighted by Crippen LogP contribution is -2.50. The molecule has 2 rings (SSSR count). The van der Waals surface area contributed by atoms with Crippen molar-refractivity contribution >= 4 is 24.1 Å². The van der Waals surface area contributed by atoms with Gasteiger partial charge in [0.2, 0.25) is 5.91 Å². The van der Waals surface area contributed by atoms with Gasteiger partial charge in [-0.1, -0.05) is 13.8 Å². The molecule has 0 atom stereocenters. The van der Waals surface area contributed by atoms with Crippen molar-refractivity contribution in [2.45, 2.75) is 33.1 Å². The van der Waals surface area contributed by atoms with Crippen LogP contribution in [0.2, 0.25) is 0 Å². The second kappa shape index (κ2) is 10.3. The third kappa shape index (κ3) is 5.03. The maximum absolute atomic E-state index is 12.7. The number of piperazine rings is 1. The standard InChI is InChI=1S/C18H31N3O3.ClH/c1-3-18(4-2)16(23)6-9-21(17(18)24)8-5-7-19-10-12-20(13-11-19)14-15-22;/h6,9,22H,3-5,7-8,10-15H2,1-2H3;1H. The summed E-state index contributed by atoms with van der Waals surface area (Å²) in [5.74, 6) is -0.0819. The molecule has 0 aromatic heterocycles.